The maximum atomic E-state index is 4.74. The lowest BCUT2D eigenvalue weighted by Crippen LogP contribution is -2.48. The maximum absolute atomic E-state index is 4.74. The third kappa shape index (κ3) is 6.01. The Balaban J connectivity index is 1.49. The number of guanidine groups is 1. The number of aryl methyl sites for hydroxylation is 2. The van der Waals surface area contributed by atoms with Gasteiger partial charge in [-0.3, -0.25) is 9.88 Å². The molecule has 3 heterocycles. The molecule has 1 saturated heterocycles. The van der Waals surface area contributed by atoms with E-state index in [9.17, 15) is 0 Å². The van der Waals surface area contributed by atoms with Gasteiger partial charge in [-0.1, -0.05) is 6.07 Å². The van der Waals surface area contributed by atoms with Crippen molar-refractivity contribution in [3.63, 3.8) is 0 Å². The van der Waals surface area contributed by atoms with E-state index in [0.29, 0.717) is 12.6 Å². The summed E-state index contributed by atoms with van der Waals surface area (Å²) < 4.78 is 0. The Labute approximate surface area is 166 Å². The Morgan fingerprint density at radius 1 is 1.30 bits per heavy atom. The van der Waals surface area contributed by atoms with Crippen molar-refractivity contribution in [2.75, 3.05) is 19.6 Å². The maximum Gasteiger partial charge on any atom is 0.191 e. The van der Waals surface area contributed by atoms with Gasteiger partial charge in [-0.05, 0) is 45.7 Å². The van der Waals surface area contributed by atoms with Gasteiger partial charge >= 0.3 is 0 Å². The van der Waals surface area contributed by atoms with E-state index in [0.717, 1.165) is 61.4 Å². The number of likely N-dealkylation sites (tertiary alicyclic amines) is 1. The predicted octanol–water partition coefficient (Wildman–Crippen LogP) is 2.87. The number of nitrogens with one attached hydrogen (secondary N) is 2. The van der Waals surface area contributed by atoms with E-state index < -0.39 is 0 Å². The molecule has 6 nitrogen and oxygen atoms in total. The molecule has 0 saturated carbocycles. The molecule has 1 aliphatic rings. The molecule has 7 heteroatoms. The molecular weight excluding hydrogens is 356 g/mol. The third-order valence-corrected chi connectivity index (χ3v) is 5.89. The molecule has 27 heavy (non-hydrogen) atoms. The summed E-state index contributed by atoms with van der Waals surface area (Å²) in [5, 5.41) is 8.05. The molecule has 0 atom stereocenters. The summed E-state index contributed by atoms with van der Waals surface area (Å²) >= 11 is 1.74. The summed E-state index contributed by atoms with van der Waals surface area (Å²) in [5.74, 6) is 0.895. The molecule has 3 rings (SSSR count). The summed E-state index contributed by atoms with van der Waals surface area (Å²) in [6.45, 7) is 10.9. The fourth-order valence-corrected chi connectivity index (χ4v) is 4.08. The van der Waals surface area contributed by atoms with Crippen LogP contribution < -0.4 is 10.6 Å². The van der Waals surface area contributed by atoms with Gasteiger partial charge in [0.05, 0.1) is 17.9 Å². The third-order valence-electron chi connectivity index (χ3n) is 4.83. The van der Waals surface area contributed by atoms with Crippen molar-refractivity contribution in [1.29, 1.82) is 0 Å². The molecule has 2 aromatic heterocycles. The van der Waals surface area contributed by atoms with E-state index in [-0.39, 0.29) is 0 Å². The second-order valence-electron chi connectivity index (χ2n) is 6.96. The average Bonchev–Trinajstić information content (AvgIpc) is 3.00. The molecule has 2 aromatic rings. The molecule has 2 N–H and O–H groups in total. The van der Waals surface area contributed by atoms with Crippen LogP contribution in [0.5, 0.6) is 0 Å². The van der Waals surface area contributed by atoms with E-state index in [1.54, 1.807) is 11.3 Å². The zero-order valence-corrected chi connectivity index (χ0v) is 17.4. The lowest BCUT2D eigenvalue weighted by Gasteiger charge is -2.32. The molecule has 0 unspecified atom stereocenters. The Morgan fingerprint density at radius 2 is 2.11 bits per heavy atom. The van der Waals surface area contributed by atoms with Crippen LogP contribution in [0.2, 0.25) is 0 Å². The molecule has 0 bridgehead atoms. The Bertz CT molecular complexity index is 715. The number of piperidine rings is 1. The van der Waals surface area contributed by atoms with Crippen molar-refractivity contribution in [1.82, 2.24) is 25.5 Å². The van der Waals surface area contributed by atoms with Gasteiger partial charge in [-0.15, -0.1) is 11.3 Å². The molecule has 1 fully saturated rings. The van der Waals surface area contributed by atoms with Crippen LogP contribution in [0.15, 0.2) is 29.4 Å². The van der Waals surface area contributed by atoms with E-state index in [2.05, 4.69) is 58.4 Å². The van der Waals surface area contributed by atoms with Crippen LogP contribution in [0, 0.1) is 13.8 Å². The van der Waals surface area contributed by atoms with Gasteiger partial charge in [0.1, 0.15) is 5.01 Å². The van der Waals surface area contributed by atoms with Crippen molar-refractivity contribution < 1.29 is 0 Å². The standard InChI is InChI=1S/C20H30N6S/c1-4-21-20(23-13-19-24-15(2)16(3)27-19)25-17-8-11-26(12-9-17)14-18-7-5-6-10-22-18/h5-7,10,17H,4,8-9,11-14H2,1-3H3,(H2,21,23,25). The highest BCUT2D eigenvalue weighted by Crippen LogP contribution is 2.17. The zero-order valence-electron chi connectivity index (χ0n) is 16.5. The first-order valence-electron chi connectivity index (χ1n) is 9.74. The number of rotatable bonds is 6. The highest BCUT2D eigenvalue weighted by atomic mass is 32.1. The number of aromatic nitrogens is 2. The number of hydrogen-bond acceptors (Lipinski definition) is 5. The number of nitrogens with zero attached hydrogens (tertiary/aromatic N) is 4. The lowest BCUT2D eigenvalue weighted by atomic mass is 10.0. The van der Waals surface area contributed by atoms with Gasteiger partial charge in [0, 0.05) is 43.3 Å². The van der Waals surface area contributed by atoms with Crippen molar-refractivity contribution in [2.45, 2.75) is 52.7 Å². The first-order chi connectivity index (χ1) is 13.1. The molecule has 0 amide bonds. The quantitative estimate of drug-likeness (QED) is 0.590. The van der Waals surface area contributed by atoms with Crippen LogP contribution in [-0.4, -0.2) is 46.5 Å². The Morgan fingerprint density at radius 3 is 2.74 bits per heavy atom. The van der Waals surface area contributed by atoms with Crippen molar-refractivity contribution in [3.05, 3.63) is 45.7 Å². The molecule has 0 radical (unpaired) electrons. The minimum absolute atomic E-state index is 0.461. The average molecular weight is 387 g/mol. The summed E-state index contributed by atoms with van der Waals surface area (Å²) in [6.07, 6.45) is 4.10. The van der Waals surface area contributed by atoms with E-state index >= 15 is 0 Å². The van der Waals surface area contributed by atoms with Crippen LogP contribution in [-0.2, 0) is 13.1 Å². The second-order valence-corrected chi connectivity index (χ2v) is 8.25. The summed E-state index contributed by atoms with van der Waals surface area (Å²) in [4.78, 5) is 17.5. The first kappa shape index (κ1) is 19.8. The fraction of sp³-hybridized carbons (Fsp3) is 0.550. The van der Waals surface area contributed by atoms with Gasteiger partial charge in [0.2, 0.25) is 0 Å². The summed E-state index contributed by atoms with van der Waals surface area (Å²) in [5.41, 5.74) is 2.26. The van der Waals surface area contributed by atoms with E-state index in [1.165, 1.54) is 4.88 Å². The SMILES string of the molecule is CCNC(=NCc1nc(C)c(C)s1)NC1CCN(Cc2ccccn2)CC1. The monoisotopic (exact) mass is 386 g/mol. The lowest BCUT2D eigenvalue weighted by molar-refractivity contribution is 0.196. The van der Waals surface area contributed by atoms with Crippen molar-refractivity contribution in [2.24, 2.45) is 4.99 Å². The number of pyridine rings is 1. The van der Waals surface area contributed by atoms with Crippen LogP contribution >= 0.6 is 11.3 Å². The Hall–Kier alpha value is -1.99. The minimum Gasteiger partial charge on any atom is -0.357 e. The summed E-state index contributed by atoms with van der Waals surface area (Å²) in [7, 11) is 0. The topological polar surface area (TPSA) is 65.4 Å². The van der Waals surface area contributed by atoms with Gasteiger partial charge in [0.25, 0.3) is 0 Å². The van der Waals surface area contributed by atoms with Crippen molar-refractivity contribution in [3.8, 4) is 0 Å². The molecule has 0 aromatic carbocycles. The van der Waals surface area contributed by atoms with Gasteiger partial charge in [-0.2, -0.15) is 0 Å². The molecule has 1 aliphatic heterocycles. The number of thiazole rings is 1. The van der Waals surface area contributed by atoms with Crippen LogP contribution in [0.4, 0.5) is 0 Å². The smallest absolute Gasteiger partial charge is 0.191 e. The molecular formula is C20H30N6S. The first-order valence-corrected chi connectivity index (χ1v) is 10.6. The highest BCUT2D eigenvalue weighted by Gasteiger charge is 2.20. The summed E-state index contributed by atoms with van der Waals surface area (Å²) in [6, 6.07) is 6.58. The number of hydrogen-bond donors (Lipinski definition) is 2. The minimum atomic E-state index is 0.461. The molecule has 0 spiro atoms. The zero-order chi connectivity index (χ0) is 19.1. The second kappa shape index (κ2) is 9.80. The highest BCUT2D eigenvalue weighted by molar-refractivity contribution is 7.11. The predicted molar refractivity (Wildman–Crippen MR) is 112 cm³/mol. The van der Waals surface area contributed by atoms with E-state index in [4.69, 9.17) is 4.99 Å². The van der Waals surface area contributed by atoms with Crippen LogP contribution in [0.1, 0.15) is 41.0 Å². The largest absolute Gasteiger partial charge is 0.357 e. The van der Waals surface area contributed by atoms with Gasteiger partial charge < -0.3 is 10.6 Å². The van der Waals surface area contributed by atoms with Gasteiger partial charge in [-0.25, -0.2) is 9.98 Å². The number of aliphatic imine (C=N–C) groups is 1. The van der Waals surface area contributed by atoms with Crippen LogP contribution in [0.3, 0.4) is 0 Å². The van der Waals surface area contributed by atoms with E-state index in [1.807, 2.05) is 12.3 Å². The molecule has 0 aliphatic carbocycles. The Kier molecular flexibility index (Phi) is 7.18. The van der Waals surface area contributed by atoms with Crippen molar-refractivity contribution >= 4 is 17.3 Å². The normalized spacial score (nSPS) is 16.5. The molecule has 146 valence electrons. The van der Waals surface area contributed by atoms with Gasteiger partial charge in [0.15, 0.2) is 5.96 Å². The van der Waals surface area contributed by atoms with Crippen LogP contribution in [0.25, 0.3) is 0 Å². The fourth-order valence-electron chi connectivity index (χ4n) is 3.22.